The lowest BCUT2D eigenvalue weighted by Crippen LogP contribution is -2.19. The maximum Gasteiger partial charge on any atom is 0.194 e. The summed E-state index contributed by atoms with van der Waals surface area (Å²) < 4.78 is 0. The van der Waals surface area contributed by atoms with Crippen LogP contribution in [0.1, 0.15) is 31.8 Å². The third-order valence-electron chi connectivity index (χ3n) is 3.87. The summed E-state index contributed by atoms with van der Waals surface area (Å²) in [7, 11) is 0. The molecule has 0 amide bonds. The zero-order chi connectivity index (χ0) is 13.0. The van der Waals surface area contributed by atoms with Crippen LogP contribution in [-0.2, 0) is 6.42 Å². The van der Waals surface area contributed by atoms with Crippen LogP contribution in [0.5, 0.6) is 0 Å². The number of carbonyl (C=O) groups is 2. The highest BCUT2D eigenvalue weighted by Crippen LogP contribution is 2.40. The van der Waals surface area contributed by atoms with E-state index < -0.39 is 0 Å². The monoisotopic (exact) mass is 246 g/mol. The molecule has 0 saturated carbocycles. The van der Waals surface area contributed by atoms with E-state index in [9.17, 15) is 9.59 Å². The van der Waals surface area contributed by atoms with Gasteiger partial charge in [-0.05, 0) is 11.1 Å². The number of allylic oxidation sites excluding steroid dienone is 2. The second-order valence-corrected chi connectivity index (χ2v) is 4.89. The van der Waals surface area contributed by atoms with E-state index in [1.165, 1.54) is 0 Å². The molecule has 19 heavy (non-hydrogen) atoms. The summed E-state index contributed by atoms with van der Waals surface area (Å²) in [6.45, 7) is 0. The van der Waals surface area contributed by atoms with E-state index in [-0.39, 0.29) is 11.6 Å². The van der Waals surface area contributed by atoms with Crippen LogP contribution in [0.4, 0.5) is 0 Å². The van der Waals surface area contributed by atoms with Crippen molar-refractivity contribution in [3.63, 3.8) is 0 Å². The third-order valence-corrected chi connectivity index (χ3v) is 3.87. The van der Waals surface area contributed by atoms with Gasteiger partial charge in [-0.3, -0.25) is 9.59 Å². The van der Waals surface area contributed by atoms with Gasteiger partial charge in [-0.2, -0.15) is 0 Å². The van der Waals surface area contributed by atoms with Crippen molar-refractivity contribution in [1.82, 2.24) is 0 Å². The molecule has 0 aromatic heterocycles. The number of Topliss-reactive ketones (excluding diaryl/α,β-unsaturated/α-hetero) is 2. The van der Waals surface area contributed by atoms with Crippen molar-refractivity contribution < 1.29 is 9.59 Å². The Kier molecular flexibility index (Phi) is 1.93. The third kappa shape index (κ3) is 1.26. The van der Waals surface area contributed by atoms with Crippen LogP contribution in [0.3, 0.4) is 0 Å². The summed E-state index contributed by atoms with van der Waals surface area (Å²) in [5, 5.41) is 0. The first-order valence-corrected chi connectivity index (χ1v) is 6.27. The lowest BCUT2D eigenvalue weighted by molar-refractivity contribution is 0.0991. The van der Waals surface area contributed by atoms with Crippen molar-refractivity contribution in [2.45, 2.75) is 6.42 Å². The molecule has 0 unspecified atom stereocenters. The predicted octanol–water partition coefficient (Wildman–Crippen LogP) is 3.08. The number of fused-ring (bicyclic) bond motifs is 3. The minimum absolute atomic E-state index is 0.00130. The second kappa shape index (κ2) is 3.51. The summed E-state index contributed by atoms with van der Waals surface area (Å²) >= 11 is 0. The van der Waals surface area contributed by atoms with E-state index in [4.69, 9.17) is 0 Å². The van der Waals surface area contributed by atoms with Crippen LogP contribution in [0, 0.1) is 0 Å². The maximum absolute atomic E-state index is 12.6. The minimum Gasteiger partial charge on any atom is -0.289 e. The Morgan fingerprint density at radius 3 is 2.00 bits per heavy atom. The Balaban J connectivity index is 2.01. The molecule has 0 heterocycles. The van der Waals surface area contributed by atoms with E-state index >= 15 is 0 Å². The fourth-order valence-corrected chi connectivity index (χ4v) is 2.99. The van der Waals surface area contributed by atoms with Crippen LogP contribution in [0.25, 0.3) is 5.57 Å². The Labute approximate surface area is 110 Å². The highest BCUT2D eigenvalue weighted by Gasteiger charge is 2.36. The van der Waals surface area contributed by atoms with Gasteiger partial charge >= 0.3 is 0 Å². The Hall–Kier alpha value is -2.48. The molecule has 0 N–H and O–H groups in total. The molecular formula is C17H10O2. The standard InChI is InChI=1S/C17H10O2/c18-16-12-7-3-4-8-13(12)17(19)15-11-6-2-1-5-10(11)9-14(15)16/h1-8H,9H2. The van der Waals surface area contributed by atoms with Gasteiger partial charge < -0.3 is 0 Å². The number of carbonyl (C=O) groups excluding carboxylic acids is 2. The zero-order valence-electron chi connectivity index (χ0n) is 10.1. The lowest BCUT2D eigenvalue weighted by atomic mass is 9.84. The first-order chi connectivity index (χ1) is 9.27. The average molecular weight is 246 g/mol. The summed E-state index contributed by atoms with van der Waals surface area (Å²) in [6, 6.07) is 14.8. The smallest absolute Gasteiger partial charge is 0.194 e. The lowest BCUT2D eigenvalue weighted by Gasteiger charge is -2.16. The summed E-state index contributed by atoms with van der Waals surface area (Å²) in [5.74, 6) is -0.0171. The van der Waals surface area contributed by atoms with Crippen molar-refractivity contribution >= 4 is 17.1 Å². The number of hydrogen-bond acceptors (Lipinski definition) is 2. The topological polar surface area (TPSA) is 34.1 Å². The van der Waals surface area contributed by atoms with Crippen molar-refractivity contribution in [3.8, 4) is 0 Å². The predicted molar refractivity (Wildman–Crippen MR) is 72.2 cm³/mol. The highest BCUT2D eigenvalue weighted by atomic mass is 16.1. The Morgan fingerprint density at radius 1 is 0.684 bits per heavy atom. The van der Waals surface area contributed by atoms with Gasteiger partial charge in [0.05, 0.1) is 0 Å². The number of benzene rings is 2. The van der Waals surface area contributed by atoms with Crippen molar-refractivity contribution in [1.29, 1.82) is 0 Å². The van der Waals surface area contributed by atoms with Crippen LogP contribution >= 0.6 is 0 Å². The Bertz CT molecular complexity index is 781. The van der Waals surface area contributed by atoms with E-state index in [0.717, 1.165) is 11.1 Å². The number of hydrogen-bond donors (Lipinski definition) is 0. The molecule has 90 valence electrons. The van der Waals surface area contributed by atoms with Crippen LogP contribution in [0.15, 0.2) is 54.1 Å². The molecule has 2 aliphatic rings. The van der Waals surface area contributed by atoms with Gasteiger partial charge in [-0.1, -0.05) is 48.5 Å². The fourth-order valence-electron chi connectivity index (χ4n) is 2.99. The van der Waals surface area contributed by atoms with E-state index in [1.807, 2.05) is 24.3 Å². The molecule has 0 saturated heterocycles. The molecule has 0 atom stereocenters. The zero-order valence-corrected chi connectivity index (χ0v) is 10.1. The summed E-state index contributed by atoms with van der Waals surface area (Å²) in [5.41, 5.74) is 4.33. The minimum atomic E-state index is -0.0184. The normalized spacial score (nSPS) is 16.2. The van der Waals surface area contributed by atoms with E-state index in [1.54, 1.807) is 24.3 Å². The summed E-state index contributed by atoms with van der Waals surface area (Å²) in [6.07, 6.45) is 0.574. The molecule has 2 aliphatic carbocycles. The van der Waals surface area contributed by atoms with Gasteiger partial charge in [0.15, 0.2) is 11.6 Å². The largest absolute Gasteiger partial charge is 0.289 e. The first kappa shape index (κ1) is 10.4. The van der Waals surface area contributed by atoms with Crippen LogP contribution in [0.2, 0.25) is 0 Å². The van der Waals surface area contributed by atoms with Gasteiger partial charge in [0.1, 0.15) is 0 Å². The van der Waals surface area contributed by atoms with Crippen molar-refractivity contribution in [3.05, 3.63) is 76.4 Å². The van der Waals surface area contributed by atoms with Crippen LogP contribution < -0.4 is 0 Å². The Morgan fingerprint density at radius 2 is 1.26 bits per heavy atom. The number of ketones is 2. The van der Waals surface area contributed by atoms with Gasteiger partial charge in [-0.15, -0.1) is 0 Å². The molecule has 0 bridgehead atoms. The van der Waals surface area contributed by atoms with Crippen molar-refractivity contribution in [2.75, 3.05) is 0 Å². The van der Waals surface area contributed by atoms with E-state index in [0.29, 0.717) is 28.7 Å². The molecule has 2 heteroatoms. The summed E-state index contributed by atoms with van der Waals surface area (Å²) in [4.78, 5) is 25.1. The quantitative estimate of drug-likeness (QED) is 0.715. The van der Waals surface area contributed by atoms with Gasteiger partial charge in [0.25, 0.3) is 0 Å². The maximum atomic E-state index is 12.6. The highest BCUT2D eigenvalue weighted by molar-refractivity contribution is 6.41. The van der Waals surface area contributed by atoms with Crippen LogP contribution in [-0.4, -0.2) is 11.6 Å². The van der Waals surface area contributed by atoms with Gasteiger partial charge in [0.2, 0.25) is 0 Å². The van der Waals surface area contributed by atoms with Gasteiger partial charge in [-0.25, -0.2) is 0 Å². The molecule has 2 nitrogen and oxygen atoms in total. The van der Waals surface area contributed by atoms with Gasteiger partial charge in [0, 0.05) is 28.7 Å². The fraction of sp³-hybridized carbons (Fsp3) is 0.0588. The second-order valence-electron chi connectivity index (χ2n) is 4.89. The average Bonchev–Trinajstić information content (AvgIpc) is 2.84. The molecule has 4 rings (SSSR count). The van der Waals surface area contributed by atoms with Crippen molar-refractivity contribution in [2.24, 2.45) is 0 Å². The molecule has 2 aromatic rings. The number of rotatable bonds is 0. The molecule has 2 aromatic carbocycles. The van der Waals surface area contributed by atoms with E-state index in [2.05, 4.69) is 0 Å². The molecular weight excluding hydrogens is 236 g/mol. The molecule has 0 radical (unpaired) electrons. The molecule has 0 spiro atoms. The molecule has 0 aliphatic heterocycles. The molecule has 0 fully saturated rings. The first-order valence-electron chi connectivity index (χ1n) is 6.27. The SMILES string of the molecule is O=C1C2=C(C(=O)c3ccccc31)c1ccccc1C2.